The molecule has 0 bridgehead atoms. The first-order valence-corrected chi connectivity index (χ1v) is 6.05. The highest BCUT2D eigenvalue weighted by Crippen LogP contribution is 2.36. The number of carbonyl (C=O) groups is 2. The monoisotopic (exact) mass is 372 g/mol. The summed E-state index contributed by atoms with van der Waals surface area (Å²) in [6.45, 7) is 2.39. The second kappa shape index (κ2) is 6.93. The molecule has 0 radical (unpaired) electrons. The summed E-state index contributed by atoms with van der Waals surface area (Å²) >= 11 is 0. The predicted octanol–water partition coefficient (Wildman–Crippen LogP) is 3.91. The molecule has 0 saturated carbocycles. The predicted molar refractivity (Wildman–Crippen MR) is 61.7 cm³/mol. The minimum Gasteiger partial charge on any atom is -0.396 e. The van der Waals surface area contributed by atoms with Crippen LogP contribution in [0.5, 0.6) is 0 Å². The lowest BCUT2D eigenvalue weighted by atomic mass is 10.1. The molecular formula is C12H12F8O4. The van der Waals surface area contributed by atoms with Gasteiger partial charge < -0.3 is 9.47 Å². The molecule has 0 aliphatic carbocycles. The van der Waals surface area contributed by atoms with Crippen LogP contribution in [0, 0.1) is 0 Å². The van der Waals surface area contributed by atoms with E-state index in [4.69, 9.17) is 0 Å². The smallest absolute Gasteiger partial charge is 0.396 e. The Morgan fingerprint density at radius 3 is 1.54 bits per heavy atom. The van der Waals surface area contributed by atoms with Crippen LogP contribution in [0.25, 0.3) is 0 Å². The van der Waals surface area contributed by atoms with Gasteiger partial charge in [-0.2, -0.15) is 35.1 Å². The van der Waals surface area contributed by atoms with E-state index in [1.54, 1.807) is 0 Å². The lowest BCUT2D eigenvalue weighted by Crippen LogP contribution is -2.42. The molecule has 0 aromatic carbocycles. The number of hydrogen-bond donors (Lipinski definition) is 0. The van der Waals surface area contributed by atoms with Gasteiger partial charge in [0.25, 0.3) is 0 Å². The van der Waals surface area contributed by atoms with E-state index in [9.17, 15) is 44.7 Å². The van der Waals surface area contributed by atoms with Crippen molar-refractivity contribution in [3.05, 3.63) is 12.2 Å². The molecule has 4 nitrogen and oxygen atoms in total. The van der Waals surface area contributed by atoms with Crippen molar-refractivity contribution in [1.82, 2.24) is 0 Å². The van der Waals surface area contributed by atoms with Gasteiger partial charge in [0.15, 0.2) is 0 Å². The normalized spacial score (nSPS) is 13.4. The zero-order valence-electron chi connectivity index (χ0n) is 12.3. The van der Waals surface area contributed by atoms with Crippen molar-refractivity contribution >= 4 is 11.9 Å². The van der Waals surface area contributed by atoms with E-state index in [1.165, 1.54) is 0 Å². The van der Waals surface area contributed by atoms with Crippen molar-refractivity contribution in [2.45, 2.75) is 50.8 Å². The summed E-state index contributed by atoms with van der Waals surface area (Å²) in [5.41, 5.74) is -0.956. The van der Waals surface area contributed by atoms with Gasteiger partial charge in [-0.15, -0.1) is 0 Å². The standard InChI is InChI=1S/C12H12F8O4/c1-6(8(22)24-12(19,20)10(3,15)16)4-5-7(21)23-11(17,18)9(2,13)14/h1,4-5H2,2-3H3. The van der Waals surface area contributed by atoms with Gasteiger partial charge in [0.05, 0.1) is 0 Å². The summed E-state index contributed by atoms with van der Waals surface area (Å²) in [4.78, 5) is 22.1. The Morgan fingerprint density at radius 1 is 0.792 bits per heavy atom. The molecule has 24 heavy (non-hydrogen) atoms. The van der Waals surface area contributed by atoms with E-state index in [1.807, 2.05) is 0 Å². The van der Waals surface area contributed by atoms with Crippen LogP contribution in [0.4, 0.5) is 35.1 Å². The van der Waals surface area contributed by atoms with E-state index in [0.29, 0.717) is 0 Å². The summed E-state index contributed by atoms with van der Waals surface area (Å²) < 4.78 is 107. The van der Waals surface area contributed by atoms with Gasteiger partial charge in [0.2, 0.25) is 0 Å². The molecule has 0 amide bonds. The fourth-order valence-electron chi connectivity index (χ4n) is 0.917. The average Bonchev–Trinajstić information content (AvgIpc) is 2.31. The highest BCUT2D eigenvalue weighted by molar-refractivity contribution is 5.88. The molecule has 0 aliphatic rings. The third-order valence-electron chi connectivity index (χ3n) is 2.40. The van der Waals surface area contributed by atoms with Crippen LogP contribution in [0.2, 0.25) is 0 Å². The quantitative estimate of drug-likeness (QED) is 0.368. The van der Waals surface area contributed by atoms with Gasteiger partial charge in [0.1, 0.15) is 0 Å². The number of hydrogen-bond acceptors (Lipinski definition) is 4. The summed E-state index contributed by atoms with van der Waals surface area (Å²) in [5.74, 6) is -13.3. The van der Waals surface area contributed by atoms with Crippen LogP contribution in [0.1, 0.15) is 26.7 Å². The summed E-state index contributed by atoms with van der Waals surface area (Å²) in [6.07, 6.45) is -12.4. The molecule has 12 heteroatoms. The number of rotatable bonds is 8. The SMILES string of the molecule is C=C(CCC(=O)OC(F)(F)C(C)(F)F)C(=O)OC(F)(F)C(C)(F)F. The Labute approximate surface area is 130 Å². The van der Waals surface area contributed by atoms with E-state index < -0.39 is 54.4 Å². The molecule has 0 unspecified atom stereocenters. The maximum atomic E-state index is 12.8. The molecule has 0 aromatic rings. The molecule has 0 aliphatic heterocycles. The largest absolute Gasteiger partial charge is 0.466 e. The van der Waals surface area contributed by atoms with Gasteiger partial charge in [-0.05, 0) is 6.42 Å². The number of esters is 2. The first-order valence-electron chi connectivity index (χ1n) is 6.05. The van der Waals surface area contributed by atoms with Crippen molar-refractivity contribution < 1.29 is 54.2 Å². The second-order valence-electron chi connectivity index (χ2n) is 4.78. The minimum absolute atomic E-state index is 0.219. The fraction of sp³-hybridized carbons (Fsp3) is 0.667. The fourth-order valence-corrected chi connectivity index (χ4v) is 0.917. The maximum absolute atomic E-state index is 12.8. The molecule has 0 heterocycles. The number of halogens is 8. The van der Waals surface area contributed by atoms with Gasteiger partial charge >= 0.3 is 36.0 Å². The Bertz CT molecular complexity index is 504. The molecular weight excluding hydrogens is 360 g/mol. The van der Waals surface area contributed by atoms with E-state index in [-0.39, 0.29) is 13.8 Å². The minimum atomic E-state index is -5.18. The topological polar surface area (TPSA) is 52.6 Å². The Balaban J connectivity index is 4.60. The lowest BCUT2D eigenvalue weighted by molar-refractivity contribution is -0.324. The van der Waals surface area contributed by atoms with Crippen LogP contribution in [-0.2, 0) is 19.1 Å². The van der Waals surface area contributed by atoms with Gasteiger partial charge in [0, 0.05) is 25.8 Å². The van der Waals surface area contributed by atoms with Crippen molar-refractivity contribution in [2.24, 2.45) is 0 Å². The summed E-state index contributed by atoms with van der Waals surface area (Å²) in [7, 11) is 0. The number of carbonyl (C=O) groups excluding carboxylic acids is 2. The number of ether oxygens (including phenoxy) is 2. The first kappa shape index (κ1) is 22.1. The molecule has 0 N–H and O–H groups in total. The van der Waals surface area contributed by atoms with Crippen molar-refractivity contribution in [3.63, 3.8) is 0 Å². The Kier molecular flexibility index (Phi) is 6.39. The number of alkyl halides is 8. The molecule has 0 aromatic heterocycles. The zero-order valence-corrected chi connectivity index (χ0v) is 12.3. The van der Waals surface area contributed by atoms with Crippen LogP contribution in [-0.4, -0.2) is 36.0 Å². The molecule has 0 spiro atoms. The van der Waals surface area contributed by atoms with Gasteiger partial charge in [-0.1, -0.05) is 6.58 Å². The summed E-state index contributed by atoms with van der Waals surface area (Å²) in [6, 6.07) is 0. The molecule has 140 valence electrons. The van der Waals surface area contributed by atoms with E-state index in [2.05, 4.69) is 16.1 Å². The van der Waals surface area contributed by atoms with Gasteiger partial charge in [-0.3, -0.25) is 4.79 Å². The Hall–Kier alpha value is -1.88. The van der Waals surface area contributed by atoms with Crippen LogP contribution >= 0.6 is 0 Å². The first-order chi connectivity index (χ1) is 10.4. The van der Waals surface area contributed by atoms with E-state index >= 15 is 0 Å². The van der Waals surface area contributed by atoms with Gasteiger partial charge in [-0.25, -0.2) is 4.79 Å². The van der Waals surface area contributed by atoms with Crippen LogP contribution in [0.15, 0.2) is 12.2 Å². The summed E-state index contributed by atoms with van der Waals surface area (Å²) in [5, 5.41) is 0. The maximum Gasteiger partial charge on any atom is 0.466 e. The molecule has 0 saturated heterocycles. The highest BCUT2D eigenvalue weighted by atomic mass is 19.3. The third-order valence-corrected chi connectivity index (χ3v) is 2.40. The lowest BCUT2D eigenvalue weighted by Gasteiger charge is -2.23. The van der Waals surface area contributed by atoms with Crippen LogP contribution in [0.3, 0.4) is 0 Å². The van der Waals surface area contributed by atoms with E-state index in [0.717, 1.165) is 0 Å². The van der Waals surface area contributed by atoms with Crippen LogP contribution < -0.4 is 0 Å². The molecule has 0 atom stereocenters. The third kappa shape index (κ3) is 5.96. The second-order valence-corrected chi connectivity index (χ2v) is 4.78. The molecule has 0 rings (SSSR count). The highest BCUT2D eigenvalue weighted by Gasteiger charge is 2.57. The van der Waals surface area contributed by atoms with Crippen molar-refractivity contribution in [3.8, 4) is 0 Å². The average molecular weight is 372 g/mol. The zero-order chi connectivity index (χ0) is 19.6. The Morgan fingerprint density at radius 2 is 1.17 bits per heavy atom. The van der Waals surface area contributed by atoms with Crippen molar-refractivity contribution in [2.75, 3.05) is 0 Å². The molecule has 0 fully saturated rings. The van der Waals surface area contributed by atoms with Crippen molar-refractivity contribution in [1.29, 1.82) is 0 Å².